The molecule has 110 valence electrons. The van der Waals surface area contributed by atoms with E-state index in [1.807, 2.05) is 24.3 Å². The largest absolute Gasteiger partial charge is 0.348 e. The minimum Gasteiger partial charge on any atom is -0.348 e. The summed E-state index contributed by atoms with van der Waals surface area (Å²) >= 11 is 5.80. The summed E-state index contributed by atoms with van der Waals surface area (Å²) in [7, 11) is 0. The molecule has 0 bridgehead atoms. The van der Waals surface area contributed by atoms with Gasteiger partial charge in [-0.1, -0.05) is 28.9 Å². The molecule has 0 saturated heterocycles. The molecular formula is C16H13ClN4O. The maximum atomic E-state index is 12.0. The van der Waals surface area contributed by atoms with Crippen LogP contribution >= 0.6 is 11.6 Å². The second kappa shape index (κ2) is 6.41. The maximum Gasteiger partial charge on any atom is 0.251 e. The van der Waals surface area contributed by atoms with Crippen LogP contribution in [0.1, 0.15) is 15.9 Å². The third kappa shape index (κ3) is 3.32. The van der Waals surface area contributed by atoms with Crippen LogP contribution in [-0.4, -0.2) is 20.9 Å². The summed E-state index contributed by atoms with van der Waals surface area (Å²) in [5.41, 5.74) is 2.51. The van der Waals surface area contributed by atoms with Crippen molar-refractivity contribution in [2.24, 2.45) is 0 Å². The standard InChI is InChI=1S/C16H13ClN4O/c17-14-5-3-13(4-6-14)16(22)18-11-12-1-7-15(8-2-12)21-10-9-19-20-21/h1-10H,11H2,(H,18,22). The molecule has 3 rings (SSSR count). The van der Waals surface area contributed by atoms with E-state index in [2.05, 4.69) is 15.6 Å². The maximum absolute atomic E-state index is 12.0. The van der Waals surface area contributed by atoms with Gasteiger partial charge >= 0.3 is 0 Å². The summed E-state index contributed by atoms with van der Waals surface area (Å²) < 4.78 is 1.68. The zero-order valence-electron chi connectivity index (χ0n) is 11.6. The molecule has 0 saturated carbocycles. The number of rotatable bonds is 4. The smallest absolute Gasteiger partial charge is 0.251 e. The van der Waals surface area contributed by atoms with Crippen molar-refractivity contribution in [3.63, 3.8) is 0 Å². The van der Waals surface area contributed by atoms with Crippen LogP contribution < -0.4 is 5.32 Å². The zero-order chi connectivity index (χ0) is 15.4. The second-order valence-corrected chi connectivity index (χ2v) is 5.14. The van der Waals surface area contributed by atoms with Crippen LogP contribution in [0.3, 0.4) is 0 Å². The molecule has 5 nitrogen and oxygen atoms in total. The van der Waals surface area contributed by atoms with Crippen molar-refractivity contribution in [3.8, 4) is 5.69 Å². The summed E-state index contributed by atoms with van der Waals surface area (Å²) in [6, 6.07) is 14.5. The van der Waals surface area contributed by atoms with Crippen molar-refractivity contribution in [3.05, 3.63) is 77.1 Å². The number of carbonyl (C=O) groups excluding carboxylic acids is 1. The number of hydrogen-bond acceptors (Lipinski definition) is 3. The average Bonchev–Trinajstić information content (AvgIpc) is 3.08. The Balaban J connectivity index is 1.61. The summed E-state index contributed by atoms with van der Waals surface area (Å²) in [5.74, 6) is -0.128. The van der Waals surface area contributed by atoms with E-state index in [1.165, 1.54) is 0 Å². The van der Waals surface area contributed by atoms with Crippen LogP contribution in [0.25, 0.3) is 5.69 Å². The third-order valence-corrected chi connectivity index (χ3v) is 3.43. The Bertz CT molecular complexity index is 752. The van der Waals surface area contributed by atoms with Crippen LogP contribution in [0.15, 0.2) is 60.9 Å². The first-order valence-electron chi connectivity index (χ1n) is 6.72. The van der Waals surface area contributed by atoms with Crippen molar-refractivity contribution in [2.75, 3.05) is 0 Å². The number of carbonyl (C=O) groups is 1. The van der Waals surface area contributed by atoms with Crippen molar-refractivity contribution >= 4 is 17.5 Å². The Morgan fingerprint density at radius 1 is 1.09 bits per heavy atom. The number of nitrogens with zero attached hydrogens (tertiary/aromatic N) is 3. The minimum absolute atomic E-state index is 0.128. The zero-order valence-corrected chi connectivity index (χ0v) is 12.4. The van der Waals surface area contributed by atoms with Gasteiger partial charge in [0.05, 0.1) is 18.1 Å². The first-order valence-corrected chi connectivity index (χ1v) is 7.09. The van der Waals surface area contributed by atoms with E-state index in [0.717, 1.165) is 11.3 Å². The predicted octanol–water partition coefficient (Wildman–Crippen LogP) is 2.85. The molecule has 0 aliphatic carbocycles. The van der Waals surface area contributed by atoms with Crippen LogP contribution in [0.5, 0.6) is 0 Å². The first-order chi connectivity index (χ1) is 10.7. The highest BCUT2D eigenvalue weighted by atomic mass is 35.5. The highest BCUT2D eigenvalue weighted by Crippen LogP contribution is 2.10. The van der Waals surface area contributed by atoms with Gasteiger partial charge in [-0.3, -0.25) is 4.79 Å². The molecule has 6 heteroatoms. The minimum atomic E-state index is -0.128. The van der Waals surface area contributed by atoms with Crippen molar-refractivity contribution in [1.82, 2.24) is 20.3 Å². The molecule has 0 unspecified atom stereocenters. The molecular weight excluding hydrogens is 300 g/mol. The molecule has 3 aromatic rings. The number of nitrogens with one attached hydrogen (secondary N) is 1. The summed E-state index contributed by atoms with van der Waals surface area (Å²) in [5, 5.41) is 11.2. The number of amides is 1. The fraction of sp³-hybridized carbons (Fsp3) is 0.0625. The SMILES string of the molecule is O=C(NCc1ccc(-n2ccnn2)cc1)c1ccc(Cl)cc1. The van der Waals surface area contributed by atoms with Crippen LogP contribution in [-0.2, 0) is 6.54 Å². The summed E-state index contributed by atoms with van der Waals surface area (Å²) in [4.78, 5) is 12.0. The molecule has 1 N–H and O–H groups in total. The Hall–Kier alpha value is -2.66. The quantitative estimate of drug-likeness (QED) is 0.806. The molecule has 0 radical (unpaired) electrons. The van der Waals surface area contributed by atoms with Gasteiger partial charge in [0.2, 0.25) is 0 Å². The average molecular weight is 313 g/mol. The molecule has 1 heterocycles. The molecule has 2 aromatic carbocycles. The summed E-state index contributed by atoms with van der Waals surface area (Å²) in [6.45, 7) is 0.457. The third-order valence-electron chi connectivity index (χ3n) is 3.18. The topological polar surface area (TPSA) is 59.8 Å². The molecule has 0 aliphatic heterocycles. The van der Waals surface area contributed by atoms with E-state index in [0.29, 0.717) is 17.1 Å². The van der Waals surface area contributed by atoms with Crippen LogP contribution in [0, 0.1) is 0 Å². The lowest BCUT2D eigenvalue weighted by molar-refractivity contribution is 0.0951. The second-order valence-electron chi connectivity index (χ2n) is 4.70. The molecule has 0 spiro atoms. The Morgan fingerprint density at radius 2 is 1.82 bits per heavy atom. The normalized spacial score (nSPS) is 10.4. The van der Waals surface area contributed by atoms with Gasteiger partial charge < -0.3 is 5.32 Å². The van der Waals surface area contributed by atoms with E-state index >= 15 is 0 Å². The van der Waals surface area contributed by atoms with Crippen LogP contribution in [0.4, 0.5) is 0 Å². The van der Waals surface area contributed by atoms with Crippen molar-refractivity contribution in [1.29, 1.82) is 0 Å². The summed E-state index contributed by atoms with van der Waals surface area (Å²) in [6.07, 6.45) is 3.40. The highest BCUT2D eigenvalue weighted by Gasteiger charge is 2.05. The van der Waals surface area contributed by atoms with Gasteiger partial charge in [-0.15, -0.1) is 5.10 Å². The molecule has 1 amide bonds. The molecule has 1 aromatic heterocycles. The first kappa shape index (κ1) is 14.3. The number of hydrogen-bond donors (Lipinski definition) is 1. The molecule has 22 heavy (non-hydrogen) atoms. The van der Waals surface area contributed by atoms with Gasteiger partial charge in [-0.25, -0.2) is 4.68 Å². The van der Waals surface area contributed by atoms with E-state index in [1.54, 1.807) is 41.3 Å². The van der Waals surface area contributed by atoms with E-state index in [9.17, 15) is 4.79 Å². The highest BCUT2D eigenvalue weighted by molar-refractivity contribution is 6.30. The van der Waals surface area contributed by atoms with E-state index < -0.39 is 0 Å². The fourth-order valence-electron chi connectivity index (χ4n) is 2.00. The number of halogens is 1. The Morgan fingerprint density at radius 3 is 2.45 bits per heavy atom. The fourth-order valence-corrected chi connectivity index (χ4v) is 2.12. The lowest BCUT2D eigenvalue weighted by atomic mass is 10.2. The lowest BCUT2D eigenvalue weighted by Crippen LogP contribution is -2.22. The Labute approximate surface area is 132 Å². The van der Waals surface area contributed by atoms with Gasteiger partial charge in [0, 0.05) is 17.1 Å². The Kier molecular flexibility index (Phi) is 4.16. The van der Waals surface area contributed by atoms with E-state index in [-0.39, 0.29) is 5.91 Å². The van der Waals surface area contributed by atoms with Gasteiger partial charge in [0.1, 0.15) is 0 Å². The molecule has 0 fully saturated rings. The van der Waals surface area contributed by atoms with Crippen molar-refractivity contribution < 1.29 is 4.79 Å². The molecule has 0 atom stereocenters. The number of aromatic nitrogens is 3. The van der Waals surface area contributed by atoms with E-state index in [4.69, 9.17) is 11.6 Å². The van der Waals surface area contributed by atoms with Gasteiger partial charge in [-0.05, 0) is 42.0 Å². The number of benzene rings is 2. The van der Waals surface area contributed by atoms with Gasteiger partial charge in [-0.2, -0.15) is 0 Å². The lowest BCUT2D eigenvalue weighted by Gasteiger charge is -2.07. The van der Waals surface area contributed by atoms with Gasteiger partial charge in [0.25, 0.3) is 5.91 Å². The van der Waals surface area contributed by atoms with Gasteiger partial charge in [0.15, 0.2) is 0 Å². The van der Waals surface area contributed by atoms with Crippen molar-refractivity contribution in [2.45, 2.75) is 6.54 Å². The molecule has 0 aliphatic rings. The monoisotopic (exact) mass is 312 g/mol. The predicted molar refractivity (Wildman–Crippen MR) is 84.0 cm³/mol. The van der Waals surface area contributed by atoms with Crippen LogP contribution in [0.2, 0.25) is 5.02 Å².